The molecule has 0 radical (unpaired) electrons. The molecular formula is C14H14K2N2O5. The molecule has 0 saturated carbocycles. The molecular weight excluding hydrogens is 354 g/mol. The van der Waals surface area contributed by atoms with Crippen molar-refractivity contribution in [2.45, 2.75) is 24.5 Å². The molecule has 2 aromatic rings. The summed E-state index contributed by atoms with van der Waals surface area (Å²) in [6.45, 7) is 0. The number of hydrogen-bond donors (Lipinski definition) is 3. The van der Waals surface area contributed by atoms with Gasteiger partial charge >= 0.3 is 103 Å². The van der Waals surface area contributed by atoms with Crippen molar-refractivity contribution in [3.8, 4) is 0 Å². The molecule has 0 aliphatic rings. The molecule has 0 aliphatic carbocycles. The molecule has 0 bridgehead atoms. The number of carbonyl (C=O) groups excluding carboxylic acids is 2. The van der Waals surface area contributed by atoms with Gasteiger partial charge in [-0.05, 0) is 11.6 Å². The fourth-order valence-corrected chi connectivity index (χ4v) is 2.27. The summed E-state index contributed by atoms with van der Waals surface area (Å²) >= 11 is 0. The third-order valence-corrected chi connectivity index (χ3v) is 3.40. The number of nitrogens with one attached hydrogen (secondary N) is 1. The van der Waals surface area contributed by atoms with Crippen LogP contribution in [0.25, 0.3) is 10.9 Å². The minimum Gasteiger partial charge on any atom is -0.548 e. The zero-order valence-electron chi connectivity index (χ0n) is 13.0. The molecule has 1 unspecified atom stereocenters. The van der Waals surface area contributed by atoms with Gasteiger partial charge in [-0.2, -0.15) is 0 Å². The van der Waals surface area contributed by atoms with E-state index in [-0.39, 0.29) is 109 Å². The Morgan fingerprint density at radius 3 is 2.43 bits per heavy atom. The number of rotatable bonds is 6. The molecule has 2 rings (SSSR count). The third-order valence-electron chi connectivity index (χ3n) is 3.40. The van der Waals surface area contributed by atoms with Crippen molar-refractivity contribution in [1.82, 2.24) is 4.98 Å². The Bertz CT molecular complexity index is 691. The van der Waals surface area contributed by atoms with Gasteiger partial charge in [0.1, 0.15) is 5.60 Å². The van der Waals surface area contributed by atoms with Crippen molar-refractivity contribution in [3.63, 3.8) is 0 Å². The van der Waals surface area contributed by atoms with Crippen LogP contribution in [0.3, 0.4) is 0 Å². The first-order chi connectivity index (χ1) is 9.83. The van der Waals surface area contributed by atoms with E-state index in [1.165, 1.54) is 0 Å². The summed E-state index contributed by atoms with van der Waals surface area (Å²) in [7, 11) is 0. The average molecular weight is 368 g/mol. The number of benzene rings is 1. The summed E-state index contributed by atoms with van der Waals surface area (Å²) in [5.74, 6) is -3.40. The number of nitrogens with two attached hydrogens (primary N) is 1. The standard InChI is InChI=1S/C14H16N2O5.2K/c15-10(12(17)18)6-14(21,13(19)20)5-8-7-16-11-4-2-1-3-9(8)11;;/h1-4,7,10,16,21H,5-6,15H2,(H,17,18)(H,19,20);;/q;2*+1/p-2/t10?,14-;;/m0../s1. The summed E-state index contributed by atoms with van der Waals surface area (Å²) in [5.41, 5.74) is 4.18. The van der Waals surface area contributed by atoms with Crippen LogP contribution in [0, 0.1) is 0 Å². The van der Waals surface area contributed by atoms with Gasteiger partial charge < -0.3 is 35.6 Å². The minimum atomic E-state index is -2.38. The maximum Gasteiger partial charge on any atom is 1.00 e. The predicted molar refractivity (Wildman–Crippen MR) is 69.6 cm³/mol. The summed E-state index contributed by atoms with van der Waals surface area (Å²) in [6, 6.07) is 5.53. The van der Waals surface area contributed by atoms with Crippen LogP contribution in [0.5, 0.6) is 0 Å². The van der Waals surface area contributed by atoms with Crippen molar-refractivity contribution in [2.75, 3.05) is 0 Å². The molecule has 2 atom stereocenters. The van der Waals surface area contributed by atoms with Gasteiger partial charge in [-0.3, -0.25) is 0 Å². The number of hydrogen-bond acceptors (Lipinski definition) is 6. The SMILES string of the molecule is NC(C[C@@](O)(Cc1c[nH]c2ccccc12)C(=O)[O-])C(=O)[O-].[K+].[K+]. The first kappa shape index (κ1) is 23.9. The van der Waals surface area contributed by atoms with E-state index in [0.29, 0.717) is 5.56 Å². The van der Waals surface area contributed by atoms with Crippen LogP contribution in [0.2, 0.25) is 0 Å². The first-order valence-corrected chi connectivity index (χ1v) is 6.29. The quantitative estimate of drug-likeness (QED) is 0.432. The first-order valence-electron chi connectivity index (χ1n) is 6.29. The van der Waals surface area contributed by atoms with E-state index in [2.05, 4.69) is 4.98 Å². The topological polar surface area (TPSA) is 142 Å². The van der Waals surface area contributed by atoms with E-state index in [4.69, 9.17) is 5.73 Å². The van der Waals surface area contributed by atoms with E-state index < -0.39 is 30.0 Å². The Hall–Kier alpha value is 0.893. The normalized spacial score (nSPS) is 14.2. The molecule has 0 spiro atoms. The Morgan fingerprint density at radius 1 is 1.26 bits per heavy atom. The molecule has 1 aromatic carbocycles. The zero-order chi connectivity index (χ0) is 15.6. The summed E-state index contributed by atoms with van der Waals surface area (Å²) in [6.07, 6.45) is 0.542. The number of aromatic amines is 1. The van der Waals surface area contributed by atoms with Crippen molar-refractivity contribution >= 4 is 22.8 Å². The largest absolute Gasteiger partial charge is 1.00 e. The van der Waals surface area contributed by atoms with Crippen LogP contribution in [0.1, 0.15) is 12.0 Å². The van der Waals surface area contributed by atoms with E-state index in [9.17, 15) is 24.9 Å². The smallest absolute Gasteiger partial charge is 0.548 e. The summed E-state index contributed by atoms with van der Waals surface area (Å²) < 4.78 is 0. The van der Waals surface area contributed by atoms with Crippen LogP contribution in [0.4, 0.5) is 0 Å². The second-order valence-corrected chi connectivity index (χ2v) is 4.98. The van der Waals surface area contributed by atoms with Crippen LogP contribution in [0.15, 0.2) is 30.5 Å². The average Bonchev–Trinajstić information content (AvgIpc) is 2.81. The summed E-state index contributed by atoms with van der Waals surface area (Å²) in [4.78, 5) is 24.8. The van der Waals surface area contributed by atoms with Gasteiger partial charge in [-0.1, -0.05) is 18.2 Å². The molecule has 0 aliphatic heterocycles. The van der Waals surface area contributed by atoms with Crippen molar-refractivity contribution in [3.05, 3.63) is 36.0 Å². The summed E-state index contributed by atoms with van der Waals surface area (Å²) in [5, 5.41) is 32.8. The van der Waals surface area contributed by atoms with E-state index in [0.717, 1.165) is 10.9 Å². The Balaban J connectivity index is 0.00000242. The number of aromatic nitrogens is 1. The number of carbonyl (C=O) groups is 2. The van der Waals surface area contributed by atoms with Gasteiger partial charge in [0.05, 0.1) is 11.9 Å². The van der Waals surface area contributed by atoms with Crippen molar-refractivity contribution in [1.29, 1.82) is 0 Å². The van der Waals surface area contributed by atoms with Gasteiger partial charge in [0.15, 0.2) is 0 Å². The van der Waals surface area contributed by atoms with Gasteiger partial charge in [-0.15, -0.1) is 0 Å². The predicted octanol–water partition coefficient (Wildman–Crippen LogP) is -8.33. The Morgan fingerprint density at radius 2 is 1.87 bits per heavy atom. The van der Waals surface area contributed by atoms with Crippen LogP contribution in [-0.2, 0) is 16.0 Å². The fourth-order valence-electron chi connectivity index (χ4n) is 2.27. The number of carboxylic acid groups (broad SMARTS) is 2. The second-order valence-electron chi connectivity index (χ2n) is 4.98. The minimum absolute atomic E-state index is 0. The maximum atomic E-state index is 11.2. The molecule has 0 fully saturated rings. The van der Waals surface area contributed by atoms with Crippen LogP contribution in [-0.4, -0.2) is 33.7 Å². The number of fused-ring (bicyclic) bond motifs is 1. The van der Waals surface area contributed by atoms with Gasteiger partial charge in [-0.25, -0.2) is 0 Å². The number of H-pyrrole nitrogens is 1. The van der Waals surface area contributed by atoms with E-state index in [1.807, 2.05) is 0 Å². The molecule has 23 heavy (non-hydrogen) atoms. The van der Waals surface area contributed by atoms with Gasteiger partial charge in [0.2, 0.25) is 0 Å². The molecule has 1 heterocycles. The molecule has 0 saturated heterocycles. The fraction of sp³-hybridized carbons (Fsp3) is 0.286. The molecule has 112 valence electrons. The molecule has 1 aromatic heterocycles. The van der Waals surface area contributed by atoms with Crippen molar-refractivity contribution in [2.24, 2.45) is 5.73 Å². The Kier molecular flexibility index (Phi) is 10.5. The maximum absolute atomic E-state index is 11.2. The third kappa shape index (κ3) is 5.98. The second kappa shape index (κ2) is 10.1. The van der Waals surface area contributed by atoms with Crippen molar-refractivity contribution < 1.29 is 128 Å². The molecule has 0 amide bonds. The Labute approximate surface area is 217 Å². The molecule has 9 heteroatoms. The van der Waals surface area contributed by atoms with Crippen LogP contribution < -0.4 is 119 Å². The number of para-hydroxylation sites is 1. The van der Waals surface area contributed by atoms with Gasteiger partial charge in [0, 0.05) is 36.0 Å². The number of aliphatic carboxylic acids is 2. The molecule has 7 nitrogen and oxygen atoms in total. The number of carboxylic acids is 2. The number of aliphatic hydroxyl groups is 1. The zero-order valence-corrected chi connectivity index (χ0v) is 19.3. The van der Waals surface area contributed by atoms with Gasteiger partial charge in [0.25, 0.3) is 0 Å². The molecule has 4 N–H and O–H groups in total. The van der Waals surface area contributed by atoms with E-state index >= 15 is 0 Å². The monoisotopic (exact) mass is 368 g/mol. The van der Waals surface area contributed by atoms with Crippen LogP contribution >= 0.6 is 0 Å². The van der Waals surface area contributed by atoms with E-state index in [1.54, 1.807) is 30.5 Å².